The fraction of sp³-hybridized carbons (Fsp3) is 0.316. The number of allylic oxidation sites excluding steroid dienone is 1. The van der Waals surface area contributed by atoms with Crippen molar-refractivity contribution < 1.29 is 9.53 Å². The molecule has 0 spiro atoms. The van der Waals surface area contributed by atoms with Crippen molar-refractivity contribution in [3.63, 3.8) is 0 Å². The molecule has 0 aliphatic carbocycles. The Morgan fingerprint density at radius 3 is 2.61 bits per heavy atom. The molecule has 0 unspecified atom stereocenters. The maximum absolute atomic E-state index is 12.0. The molecule has 28 heavy (non-hydrogen) atoms. The van der Waals surface area contributed by atoms with Crippen molar-refractivity contribution in [3.8, 4) is 0 Å². The Labute approximate surface area is 170 Å². The number of benzene rings is 1. The second-order valence-corrected chi connectivity index (χ2v) is 6.09. The number of carbonyl (C=O) groups excluding carboxylic acids is 1. The summed E-state index contributed by atoms with van der Waals surface area (Å²) in [5.74, 6) is 6.43. The molecular weight excluding hydrogens is 380 g/mol. The van der Waals surface area contributed by atoms with E-state index in [2.05, 4.69) is 9.97 Å². The van der Waals surface area contributed by atoms with Crippen molar-refractivity contribution in [2.45, 2.75) is 34.2 Å². The first-order valence-electron chi connectivity index (χ1n) is 8.76. The van der Waals surface area contributed by atoms with Gasteiger partial charge in [-0.05, 0) is 32.0 Å². The van der Waals surface area contributed by atoms with Crippen LogP contribution in [0.15, 0.2) is 41.9 Å². The number of aryl methyl sites for hydroxylation is 1. The van der Waals surface area contributed by atoms with Crippen molar-refractivity contribution in [2.75, 3.05) is 12.3 Å². The van der Waals surface area contributed by atoms with Crippen LogP contribution < -0.4 is 17.3 Å². The van der Waals surface area contributed by atoms with Crippen LogP contribution >= 0.6 is 11.6 Å². The van der Waals surface area contributed by atoms with Crippen LogP contribution in [-0.4, -0.2) is 27.6 Å². The van der Waals surface area contributed by atoms with E-state index in [0.717, 1.165) is 0 Å². The molecule has 0 aliphatic rings. The number of aromatic nitrogens is 2. The molecule has 8 nitrogen and oxygen atoms in total. The summed E-state index contributed by atoms with van der Waals surface area (Å²) in [5.41, 5.74) is 13.7. The first-order chi connectivity index (χ1) is 13.3. The summed E-state index contributed by atoms with van der Waals surface area (Å²) in [7, 11) is 0. The molecule has 2 rings (SSSR count). The molecule has 0 saturated heterocycles. The van der Waals surface area contributed by atoms with Crippen molar-refractivity contribution in [3.05, 3.63) is 63.8 Å². The van der Waals surface area contributed by atoms with E-state index in [1.807, 2.05) is 13.8 Å². The average molecular weight is 407 g/mol. The van der Waals surface area contributed by atoms with Crippen LogP contribution in [0.1, 0.15) is 42.5 Å². The Hall–Kier alpha value is -2.84. The molecule has 0 amide bonds. The first-order valence-corrected chi connectivity index (χ1v) is 9.14. The number of nitrogens with zero attached hydrogens (tertiary/aromatic N) is 3. The average Bonchev–Trinajstić information content (AvgIpc) is 2.68. The smallest absolute Gasteiger partial charge is 0.338 e. The Kier molecular flexibility index (Phi) is 9.20. The van der Waals surface area contributed by atoms with E-state index < -0.39 is 5.97 Å². The summed E-state index contributed by atoms with van der Waals surface area (Å²) in [5, 5.41) is 1.85. The van der Waals surface area contributed by atoms with Gasteiger partial charge in [0, 0.05) is 22.5 Å². The lowest BCUT2D eigenvalue weighted by Crippen LogP contribution is -2.32. The third-order valence-corrected chi connectivity index (χ3v) is 3.91. The van der Waals surface area contributed by atoms with E-state index in [0.29, 0.717) is 39.2 Å². The predicted molar refractivity (Wildman–Crippen MR) is 111 cm³/mol. The molecule has 0 atom stereocenters. The number of hydrazine groups is 1. The number of anilines is 1. The van der Waals surface area contributed by atoms with Gasteiger partial charge in [-0.2, -0.15) is 0 Å². The molecular formula is C19H27ClN6O2. The quantitative estimate of drug-likeness (QED) is 0.378. The normalized spacial score (nSPS) is 11.1. The minimum Gasteiger partial charge on any atom is -0.456 e. The van der Waals surface area contributed by atoms with Crippen LogP contribution in [-0.2, 0) is 11.3 Å². The van der Waals surface area contributed by atoms with Crippen LogP contribution in [0.5, 0.6) is 0 Å². The highest BCUT2D eigenvalue weighted by Crippen LogP contribution is 2.14. The molecule has 0 fully saturated rings. The van der Waals surface area contributed by atoms with Gasteiger partial charge in [0.25, 0.3) is 0 Å². The maximum atomic E-state index is 12.0. The number of nitrogen functional groups attached to an aromatic ring is 1. The molecule has 0 saturated carbocycles. The highest BCUT2D eigenvalue weighted by atomic mass is 35.5. The van der Waals surface area contributed by atoms with Crippen LogP contribution in [0.3, 0.4) is 0 Å². The third-order valence-electron chi connectivity index (χ3n) is 3.67. The van der Waals surface area contributed by atoms with Gasteiger partial charge in [-0.25, -0.2) is 20.6 Å². The number of esters is 1. The minimum atomic E-state index is -0.525. The molecule has 1 aromatic heterocycles. The number of nitrogens with two attached hydrogens (primary N) is 3. The van der Waals surface area contributed by atoms with Gasteiger partial charge < -0.3 is 21.2 Å². The summed E-state index contributed by atoms with van der Waals surface area (Å²) in [6, 6.07) is 6.46. The van der Waals surface area contributed by atoms with Crippen LogP contribution in [0, 0.1) is 6.92 Å². The lowest BCUT2D eigenvalue weighted by atomic mass is 10.2. The number of ether oxygens (including phenoxy) is 1. The van der Waals surface area contributed by atoms with E-state index in [1.54, 1.807) is 38.2 Å². The monoisotopic (exact) mass is 406 g/mol. The standard InChI is InChI=1S/C17H21ClN6O2.C2H6/c1-10(24(21)8-13-7-22-11(2)23-16(13)20)15(19)9-26-17(25)12-4-3-5-14(18)6-12;1-2/h3-7H,8-9,19,21H2,1-2H3,(H2,20,22,23);1-2H3/b15-10-;. The Morgan fingerprint density at radius 1 is 1.32 bits per heavy atom. The van der Waals surface area contributed by atoms with Gasteiger partial charge in [-0.15, -0.1) is 0 Å². The van der Waals surface area contributed by atoms with E-state index in [9.17, 15) is 4.79 Å². The SMILES string of the molecule is C/C(=C(/N)COC(=O)c1cccc(Cl)c1)N(N)Cc1cnc(C)nc1N.CC. The lowest BCUT2D eigenvalue weighted by Gasteiger charge is -2.21. The number of rotatable bonds is 6. The van der Waals surface area contributed by atoms with E-state index >= 15 is 0 Å². The van der Waals surface area contributed by atoms with Gasteiger partial charge in [0.15, 0.2) is 0 Å². The zero-order valence-corrected chi connectivity index (χ0v) is 17.3. The molecule has 0 bridgehead atoms. The number of carbonyl (C=O) groups is 1. The molecule has 6 N–H and O–H groups in total. The number of hydrogen-bond acceptors (Lipinski definition) is 8. The predicted octanol–water partition coefficient (Wildman–Crippen LogP) is 2.77. The minimum absolute atomic E-state index is 0.106. The Balaban J connectivity index is 0.00000190. The van der Waals surface area contributed by atoms with Crippen LogP contribution in [0.4, 0.5) is 5.82 Å². The molecule has 0 radical (unpaired) electrons. The maximum Gasteiger partial charge on any atom is 0.338 e. The summed E-state index contributed by atoms with van der Waals surface area (Å²) < 4.78 is 5.19. The molecule has 152 valence electrons. The van der Waals surface area contributed by atoms with Crippen LogP contribution in [0.25, 0.3) is 0 Å². The Morgan fingerprint density at radius 2 is 2.00 bits per heavy atom. The van der Waals surface area contributed by atoms with Gasteiger partial charge in [-0.1, -0.05) is 31.5 Å². The summed E-state index contributed by atoms with van der Waals surface area (Å²) in [6.45, 7) is 7.62. The van der Waals surface area contributed by atoms with Gasteiger partial charge in [-0.3, -0.25) is 0 Å². The fourth-order valence-corrected chi connectivity index (χ4v) is 2.26. The summed E-state index contributed by atoms with van der Waals surface area (Å²) in [6.07, 6.45) is 1.61. The number of halogens is 1. The zero-order valence-electron chi connectivity index (χ0n) is 16.6. The summed E-state index contributed by atoms with van der Waals surface area (Å²) in [4.78, 5) is 20.2. The third kappa shape index (κ3) is 6.71. The van der Waals surface area contributed by atoms with Gasteiger partial charge in [0.2, 0.25) is 0 Å². The van der Waals surface area contributed by atoms with Gasteiger partial charge >= 0.3 is 5.97 Å². The van der Waals surface area contributed by atoms with Crippen molar-refractivity contribution in [1.29, 1.82) is 0 Å². The topological polar surface area (TPSA) is 133 Å². The zero-order chi connectivity index (χ0) is 21.3. The van der Waals surface area contributed by atoms with Gasteiger partial charge in [0.1, 0.15) is 18.2 Å². The van der Waals surface area contributed by atoms with E-state index in [-0.39, 0.29) is 13.2 Å². The summed E-state index contributed by atoms with van der Waals surface area (Å²) >= 11 is 5.86. The highest BCUT2D eigenvalue weighted by molar-refractivity contribution is 6.30. The van der Waals surface area contributed by atoms with E-state index in [4.69, 9.17) is 33.6 Å². The van der Waals surface area contributed by atoms with Crippen molar-refractivity contribution in [2.24, 2.45) is 11.6 Å². The molecule has 1 aromatic carbocycles. The molecule has 9 heteroatoms. The van der Waals surface area contributed by atoms with Gasteiger partial charge in [0.05, 0.1) is 17.8 Å². The van der Waals surface area contributed by atoms with Crippen molar-refractivity contribution in [1.82, 2.24) is 15.0 Å². The molecule has 1 heterocycles. The second kappa shape index (κ2) is 11.1. The second-order valence-electron chi connectivity index (χ2n) is 5.65. The molecule has 2 aromatic rings. The van der Waals surface area contributed by atoms with Crippen molar-refractivity contribution >= 4 is 23.4 Å². The fourth-order valence-electron chi connectivity index (χ4n) is 2.07. The Bertz CT molecular complexity index is 841. The van der Waals surface area contributed by atoms with Crippen LogP contribution in [0.2, 0.25) is 5.02 Å². The molecule has 0 aliphatic heterocycles. The first kappa shape index (κ1) is 23.2. The highest BCUT2D eigenvalue weighted by Gasteiger charge is 2.12. The lowest BCUT2D eigenvalue weighted by molar-refractivity contribution is 0.0536. The number of hydrogen-bond donors (Lipinski definition) is 3. The largest absolute Gasteiger partial charge is 0.456 e. The van der Waals surface area contributed by atoms with E-state index in [1.165, 1.54) is 11.1 Å².